The number of hydrogen-bond acceptors (Lipinski definition) is 16. The van der Waals surface area contributed by atoms with Crippen molar-refractivity contribution in [2.45, 2.75) is 14.7 Å². The molecule has 0 atom stereocenters. The van der Waals surface area contributed by atoms with Crippen molar-refractivity contribution in [2.75, 3.05) is 0 Å². The van der Waals surface area contributed by atoms with E-state index in [1.165, 1.54) is 30.3 Å². The van der Waals surface area contributed by atoms with Crippen LogP contribution in [0.5, 0.6) is 5.75 Å². The summed E-state index contributed by atoms with van der Waals surface area (Å²) in [5, 5.41) is 60.7. The monoisotopic (exact) mass is 636 g/mol. The van der Waals surface area contributed by atoms with E-state index in [0.717, 1.165) is 24.2 Å². The number of aromatic hydroxyl groups is 1. The number of carboxylic acids is 1. The van der Waals surface area contributed by atoms with Gasteiger partial charge in [-0.15, -0.1) is 18.9 Å². The number of aromatic carboxylic acids is 1. The average molecular weight is 637 g/mol. The molecule has 0 fully saturated rings. The fourth-order valence-electron chi connectivity index (χ4n) is 3.39. The molecule has 0 saturated carbocycles. The topological polar surface area (TPSA) is 239 Å². The highest BCUT2D eigenvalue weighted by molar-refractivity contribution is 7.94. The number of phenols is 1. The van der Waals surface area contributed by atoms with Crippen LogP contribution in [0.15, 0.2) is 102 Å². The van der Waals surface area contributed by atoms with Gasteiger partial charge >= 0.3 is 5.97 Å². The van der Waals surface area contributed by atoms with Gasteiger partial charge in [0.05, 0.1) is 50.8 Å². The minimum absolute atomic E-state index is 0.0209. The Morgan fingerprint density at radius 3 is 2.12 bits per heavy atom. The Morgan fingerprint density at radius 1 is 0.786 bits per heavy atom. The third-order valence-corrected chi connectivity index (χ3v) is 7.28. The molecule has 0 spiro atoms. The third kappa shape index (κ3) is 7.63. The second-order valence-corrected chi connectivity index (χ2v) is 10.7. The lowest BCUT2D eigenvalue weighted by Crippen LogP contribution is -1.97. The van der Waals surface area contributed by atoms with Gasteiger partial charge in [0, 0.05) is 10.3 Å². The van der Waals surface area contributed by atoms with Gasteiger partial charge in [-0.05, 0) is 72.1 Å². The van der Waals surface area contributed by atoms with Gasteiger partial charge in [-0.1, -0.05) is 10.1 Å². The van der Waals surface area contributed by atoms with Crippen molar-refractivity contribution >= 4 is 73.7 Å². The molecule has 0 unspecified atom stereocenters. The molecule has 0 aromatic heterocycles. The minimum Gasteiger partial charge on any atom is -0.505 e. The van der Waals surface area contributed by atoms with E-state index in [4.69, 9.17) is 10.5 Å². The largest absolute Gasteiger partial charge is 0.505 e. The normalized spacial score (nSPS) is 12.1. The van der Waals surface area contributed by atoms with Gasteiger partial charge in [0.2, 0.25) is 0 Å². The predicted molar refractivity (Wildman–Crippen MR) is 145 cm³/mol. The van der Waals surface area contributed by atoms with Gasteiger partial charge < -0.3 is 10.2 Å². The Morgan fingerprint density at radius 2 is 1.45 bits per heavy atom. The van der Waals surface area contributed by atoms with Crippen LogP contribution in [0.2, 0.25) is 0 Å². The van der Waals surface area contributed by atoms with Crippen LogP contribution in [0, 0.1) is 0 Å². The first kappa shape index (κ1) is 30.9. The molecule has 5 N–H and O–H groups in total. The first-order valence-corrected chi connectivity index (χ1v) is 13.9. The molecule has 0 aliphatic heterocycles. The van der Waals surface area contributed by atoms with Crippen molar-refractivity contribution in [3.63, 3.8) is 0 Å². The summed E-state index contributed by atoms with van der Waals surface area (Å²) in [6.07, 6.45) is 0. The van der Waals surface area contributed by atoms with E-state index in [2.05, 4.69) is 39.2 Å². The molecule has 0 bridgehead atoms. The highest BCUT2D eigenvalue weighted by Crippen LogP contribution is 2.44. The molecule has 0 radical (unpaired) electrons. The summed E-state index contributed by atoms with van der Waals surface area (Å²) < 4.78 is 41.1. The maximum atomic E-state index is 11.9. The molecule has 19 heteroatoms. The number of benzene rings is 4. The van der Waals surface area contributed by atoms with Gasteiger partial charge in [-0.25, -0.2) is 15.3 Å². The fourth-order valence-corrected chi connectivity index (χ4v) is 4.76. The van der Waals surface area contributed by atoms with Crippen molar-refractivity contribution in [2.24, 2.45) is 20.5 Å². The summed E-state index contributed by atoms with van der Waals surface area (Å²) in [5.74, 6) is -1.86. The molecule has 0 saturated heterocycles. The summed E-state index contributed by atoms with van der Waals surface area (Å²) in [7, 11) is -4.55. The minimum atomic E-state index is -4.55. The number of carboxylic acid groups (broad SMARTS) is 1. The van der Waals surface area contributed by atoms with E-state index in [0.29, 0.717) is 22.6 Å². The number of nitrogens with zero attached hydrogens (tertiary/aromatic N) is 4. The lowest BCUT2D eigenvalue weighted by atomic mass is 10.1. The Kier molecular flexibility index (Phi) is 10.1. The Bertz CT molecular complexity index is 1780. The van der Waals surface area contributed by atoms with E-state index in [1.807, 2.05) is 0 Å². The molecule has 4 rings (SSSR count). The summed E-state index contributed by atoms with van der Waals surface area (Å²) in [6.45, 7) is 0. The summed E-state index contributed by atoms with van der Waals surface area (Å²) >= 11 is 1.14. The summed E-state index contributed by atoms with van der Waals surface area (Å²) in [4.78, 5) is 12.1. The highest BCUT2D eigenvalue weighted by atomic mass is 32.2. The highest BCUT2D eigenvalue weighted by Gasteiger charge is 2.19. The number of fused-ring (bicyclic) bond motifs is 1. The summed E-state index contributed by atoms with van der Waals surface area (Å²) in [6, 6.07) is 15.0. The molecular weight excluding hydrogens is 620 g/mol. The zero-order valence-corrected chi connectivity index (χ0v) is 22.9. The van der Waals surface area contributed by atoms with Crippen LogP contribution >= 0.6 is 24.1 Å². The molecule has 0 amide bonds. The molecule has 218 valence electrons. The van der Waals surface area contributed by atoms with Crippen molar-refractivity contribution in [1.29, 1.82) is 0 Å². The quantitative estimate of drug-likeness (QED) is 0.0340. The molecule has 4 aromatic rings. The Hall–Kier alpha value is -4.02. The number of rotatable bonds is 12. The molecule has 0 aliphatic rings. The van der Waals surface area contributed by atoms with Gasteiger partial charge in [0.15, 0.2) is 5.75 Å². The van der Waals surface area contributed by atoms with E-state index in [1.54, 1.807) is 24.3 Å². The maximum Gasteiger partial charge on any atom is 0.338 e. The Labute approximate surface area is 243 Å². The van der Waals surface area contributed by atoms with Gasteiger partial charge in [0.25, 0.3) is 10.1 Å². The predicted octanol–water partition coefficient (Wildman–Crippen LogP) is 7.18. The van der Waals surface area contributed by atoms with Crippen LogP contribution < -0.4 is 0 Å². The number of hydrogen-bond donors (Lipinski definition) is 5. The van der Waals surface area contributed by atoms with Crippen LogP contribution in [-0.2, 0) is 28.9 Å². The number of azo groups is 2. The van der Waals surface area contributed by atoms with Crippen molar-refractivity contribution in [1.82, 2.24) is 0 Å². The molecule has 0 aliphatic carbocycles. The van der Waals surface area contributed by atoms with Crippen LogP contribution in [-0.4, -0.2) is 39.7 Å². The average Bonchev–Trinajstić information content (AvgIpc) is 2.97. The van der Waals surface area contributed by atoms with Crippen molar-refractivity contribution in [3.05, 3.63) is 72.3 Å². The smallest absolute Gasteiger partial charge is 0.338 e. The second-order valence-electron chi connectivity index (χ2n) is 7.78. The first-order chi connectivity index (χ1) is 20.1. The standard InChI is InChI=1S/C23H16N4O12S3/c28-22-17-7-6-16(42(33,34)35)9-12(17)10-20(41-39-37-32)21(22)27-26-19-8-3-14(11-18(19)23(29)30)25-24-13-1-4-15(5-2-13)40-38-36-31/h1-11,28,31-32H,(H,29,30)(H,33,34,35). The van der Waals surface area contributed by atoms with Crippen molar-refractivity contribution in [3.8, 4) is 5.75 Å². The fraction of sp³-hybridized carbons (Fsp3) is 0. The van der Waals surface area contributed by atoms with E-state index >= 15 is 0 Å². The van der Waals surface area contributed by atoms with Crippen LogP contribution in [0.4, 0.5) is 22.7 Å². The molecule has 16 nitrogen and oxygen atoms in total. The summed E-state index contributed by atoms with van der Waals surface area (Å²) in [5.41, 5.74) is -0.0492. The van der Waals surface area contributed by atoms with E-state index in [-0.39, 0.29) is 38.3 Å². The zero-order valence-electron chi connectivity index (χ0n) is 20.5. The number of phenolic OH excluding ortho intramolecular Hbond substituents is 1. The van der Waals surface area contributed by atoms with Crippen LogP contribution in [0.25, 0.3) is 10.8 Å². The molecule has 0 heterocycles. The van der Waals surface area contributed by atoms with Gasteiger partial charge in [-0.2, -0.15) is 18.6 Å². The van der Waals surface area contributed by atoms with E-state index in [9.17, 15) is 28.0 Å². The molecule has 4 aromatic carbocycles. The maximum absolute atomic E-state index is 11.9. The second kappa shape index (κ2) is 13.8. The first-order valence-electron chi connectivity index (χ1n) is 11.0. The molecule has 42 heavy (non-hydrogen) atoms. The SMILES string of the molecule is O=C(O)c1cc(N=Nc2ccc(SOOO)cc2)ccc1N=Nc1c(SOOO)cc2cc(S(=O)(=O)O)ccc2c1O. The lowest BCUT2D eigenvalue weighted by molar-refractivity contribution is -0.432. The zero-order chi connectivity index (χ0) is 30.3. The number of carbonyl (C=O) groups is 1. The third-order valence-electron chi connectivity index (χ3n) is 5.22. The van der Waals surface area contributed by atoms with Gasteiger partial charge in [-0.3, -0.25) is 4.55 Å². The van der Waals surface area contributed by atoms with Crippen LogP contribution in [0.3, 0.4) is 0 Å². The van der Waals surface area contributed by atoms with Crippen LogP contribution in [0.1, 0.15) is 10.4 Å². The van der Waals surface area contributed by atoms with E-state index < -0.39 is 26.7 Å². The molecular formula is C23H16N4O12S3. The van der Waals surface area contributed by atoms with Gasteiger partial charge in [0.1, 0.15) is 11.4 Å². The lowest BCUT2D eigenvalue weighted by Gasteiger charge is -2.10. The Balaban J connectivity index is 1.66. The van der Waals surface area contributed by atoms with Crippen molar-refractivity contribution < 1.29 is 57.2 Å².